The number of aliphatic hydroxyl groups is 1. The van der Waals surface area contributed by atoms with E-state index in [2.05, 4.69) is 0 Å². The number of aliphatic carboxylic acids is 1. The number of carbonyl (C=O) groups is 2. The van der Waals surface area contributed by atoms with Crippen molar-refractivity contribution in [3.63, 3.8) is 0 Å². The highest BCUT2D eigenvalue weighted by molar-refractivity contribution is 6.30. The summed E-state index contributed by atoms with van der Waals surface area (Å²) >= 11 is 6.08. The number of rotatable bonds is 11. The topological polar surface area (TPSA) is 77.8 Å². The number of unbranched alkanes of at least 4 members (excludes halogenated alkanes) is 3. The summed E-state index contributed by atoms with van der Waals surface area (Å²) in [7, 11) is 0. The molecule has 1 saturated heterocycles. The summed E-state index contributed by atoms with van der Waals surface area (Å²) in [4.78, 5) is 24.8. The highest BCUT2D eigenvalue weighted by Gasteiger charge is 2.28. The summed E-state index contributed by atoms with van der Waals surface area (Å²) in [6, 6.07) is 13.6. The van der Waals surface area contributed by atoms with Gasteiger partial charge in [0.05, 0.1) is 12.1 Å². The molecule has 1 heterocycles. The van der Waals surface area contributed by atoms with Gasteiger partial charge < -0.3 is 15.1 Å². The zero-order valence-corrected chi connectivity index (χ0v) is 19.8. The van der Waals surface area contributed by atoms with Gasteiger partial charge in [-0.3, -0.25) is 9.59 Å². The molecule has 0 spiro atoms. The summed E-state index contributed by atoms with van der Waals surface area (Å²) in [6.07, 6.45) is 7.74. The Kier molecular flexibility index (Phi) is 9.10. The number of benzene rings is 2. The fourth-order valence-electron chi connectivity index (χ4n) is 4.34. The molecule has 176 valence electrons. The van der Waals surface area contributed by atoms with E-state index in [0.29, 0.717) is 24.4 Å². The predicted octanol–water partition coefficient (Wildman–Crippen LogP) is 5.93. The summed E-state index contributed by atoms with van der Waals surface area (Å²) in [5.74, 6) is -0.618. The minimum atomic E-state index is -0.762. The van der Waals surface area contributed by atoms with E-state index in [-0.39, 0.29) is 18.4 Å². The van der Waals surface area contributed by atoms with Crippen LogP contribution in [0.2, 0.25) is 5.02 Å². The smallest absolute Gasteiger partial charge is 0.303 e. The van der Waals surface area contributed by atoms with Gasteiger partial charge in [0.2, 0.25) is 5.91 Å². The molecule has 33 heavy (non-hydrogen) atoms. The van der Waals surface area contributed by atoms with E-state index in [4.69, 9.17) is 16.7 Å². The Morgan fingerprint density at radius 3 is 2.73 bits per heavy atom. The van der Waals surface area contributed by atoms with Gasteiger partial charge in [0.15, 0.2) is 0 Å². The van der Waals surface area contributed by atoms with Crippen molar-refractivity contribution in [1.82, 2.24) is 4.90 Å². The summed E-state index contributed by atoms with van der Waals surface area (Å²) in [5.41, 5.74) is 3.98. The van der Waals surface area contributed by atoms with Crippen LogP contribution in [0.25, 0.3) is 11.1 Å². The Labute approximate surface area is 200 Å². The lowest BCUT2D eigenvalue weighted by molar-refractivity contribution is -0.137. The molecule has 0 unspecified atom stereocenters. The molecule has 2 atom stereocenters. The molecule has 0 bridgehead atoms. The van der Waals surface area contributed by atoms with Crippen LogP contribution in [0.15, 0.2) is 54.6 Å². The number of hydrogen-bond acceptors (Lipinski definition) is 3. The number of carbonyl (C=O) groups excluding carboxylic acids is 1. The van der Waals surface area contributed by atoms with Crippen LogP contribution in [0.3, 0.4) is 0 Å². The maximum absolute atomic E-state index is 12.3. The van der Waals surface area contributed by atoms with Crippen LogP contribution < -0.4 is 0 Å². The molecule has 2 aromatic carbocycles. The van der Waals surface area contributed by atoms with Crippen molar-refractivity contribution in [3.8, 4) is 11.1 Å². The van der Waals surface area contributed by atoms with Crippen molar-refractivity contribution < 1.29 is 19.8 Å². The number of amides is 1. The fraction of sp³-hybridized carbons (Fsp3) is 0.407. The first kappa shape index (κ1) is 25.0. The second-order valence-electron chi connectivity index (χ2n) is 8.67. The molecule has 6 heteroatoms. The first-order valence-corrected chi connectivity index (χ1v) is 12.0. The first-order valence-electron chi connectivity index (χ1n) is 11.6. The molecule has 1 amide bonds. The molecule has 3 rings (SSSR count). The van der Waals surface area contributed by atoms with E-state index in [1.165, 1.54) is 0 Å². The number of halogens is 1. The Hall–Kier alpha value is -2.63. The van der Waals surface area contributed by atoms with Gasteiger partial charge >= 0.3 is 5.97 Å². The third-order valence-corrected chi connectivity index (χ3v) is 6.39. The third kappa shape index (κ3) is 7.18. The number of nitrogens with zero attached hydrogens (tertiary/aromatic N) is 1. The molecule has 2 N–H and O–H groups in total. The van der Waals surface area contributed by atoms with Crippen molar-refractivity contribution in [1.29, 1.82) is 0 Å². The SMILES string of the molecule is Cc1cc(Cl)ccc1-c1cccc([C@H](O)/C=C/[C@H]2CCC(=O)N2CCCCCCC(=O)O)c1. The lowest BCUT2D eigenvalue weighted by Gasteiger charge is -2.22. The van der Waals surface area contributed by atoms with Crippen molar-refractivity contribution in [2.75, 3.05) is 6.54 Å². The second-order valence-corrected chi connectivity index (χ2v) is 9.10. The number of aryl methyl sites for hydroxylation is 1. The van der Waals surface area contributed by atoms with Gasteiger partial charge in [-0.1, -0.05) is 60.9 Å². The lowest BCUT2D eigenvalue weighted by Crippen LogP contribution is -2.32. The number of carboxylic acid groups (broad SMARTS) is 1. The number of likely N-dealkylation sites (tertiary alicyclic amines) is 1. The minimum Gasteiger partial charge on any atom is -0.481 e. The summed E-state index contributed by atoms with van der Waals surface area (Å²) in [6.45, 7) is 2.68. The van der Waals surface area contributed by atoms with Gasteiger partial charge in [0, 0.05) is 24.4 Å². The van der Waals surface area contributed by atoms with Gasteiger partial charge in [0.1, 0.15) is 0 Å². The molecule has 2 aromatic rings. The molecule has 1 aliphatic heterocycles. The van der Waals surface area contributed by atoms with Crippen molar-refractivity contribution in [2.45, 2.75) is 64.0 Å². The zero-order chi connectivity index (χ0) is 23.8. The van der Waals surface area contributed by atoms with Gasteiger partial charge in [-0.2, -0.15) is 0 Å². The van der Waals surface area contributed by atoms with E-state index in [1.807, 2.05) is 60.4 Å². The number of aliphatic hydroxyl groups excluding tert-OH is 1. The molecule has 1 fully saturated rings. The molecule has 0 radical (unpaired) electrons. The zero-order valence-electron chi connectivity index (χ0n) is 19.0. The quantitative estimate of drug-likeness (QED) is 0.315. The standard InChI is InChI=1S/C27H32ClNO4/c1-19-17-22(28)10-13-24(19)20-7-6-8-21(18-20)25(30)14-11-23-12-15-26(31)29(23)16-5-3-2-4-9-27(32)33/h6-8,10-11,13-14,17-18,23,25,30H,2-5,9,12,15-16H2,1H3,(H,32,33)/b14-11+/t23-,25+/m0/s1. The van der Waals surface area contributed by atoms with Gasteiger partial charge in [0.25, 0.3) is 0 Å². The van der Waals surface area contributed by atoms with E-state index in [0.717, 1.165) is 47.9 Å². The second kappa shape index (κ2) is 12.0. The molecule has 0 aromatic heterocycles. The predicted molar refractivity (Wildman–Crippen MR) is 131 cm³/mol. The highest BCUT2D eigenvalue weighted by Crippen LogP contribution is 2.29. The van der Waals surface area contributed by atoms with Crippen LogP contribution in [-0.2, 0) is 9.59 Å². The minimum absolute atomic E-state index is 0.00661. The number of hydrogen-bond donors (Lipinski definition) is 2. The van der Waals surface area contributed by atoms with Gasteiger partial charge in [-0.15, -0.1) is 0 Å². The van der Waals surface area contributed by atoms with Crippen LogP contribution in [0.1, 0.15) is 62.2 Å². The fourth-order valence-corrected chi connectivity index (χ4v) is 4.57. The van der Waals surface area contributed by atoms with Crippen molar-refractivity contribution in [3.05, 3.63) is 70.8 Å². The summed E-state index contributed by atoms with van der Waals surface area (Å²) in [5, 5.41) is 20.2. The average molecular weight is 470 g/mol. The van der Waals surface area contributed by atoms with Crippen LogP contribution in [-0.4, -0.2) is 39.6 Å². The summed E-state index contributed by atoms with van der Waals surface area (Å²) < 4.78 is 0. The van der Waals surface area contributed by atoms with Crippen LogP contribution in [0.5, 0.6) is 0 Å². The Bertz CT molecular complexity index is 1000. The monoisotopic (exact) mass is 469 g/mol. The third-order valence-electron chi connectivity index (χ3n) is 6.16. The van der Waals surface area contributed by atoms with E-state index >= 15 is 0 Å². The molecular formula is C27H32ClNO4. The molecule has 5 nitrogen and oxygen atoms in total. The Morgan fingerprint density at radius 1 is 1.18 bits per heavy atom. The highest BCUT2D eigenvalue weighted by atomic mass is 35.5. The Balaban J connectivity index is 1.59. The number of carboxylic acids is 1. The molecular weight excluding hydrogens is 438 g/mol. The maximum atomic E-state index is 12.3. The van der Waals surface area contributed by atoms with Crippen molar-refractivity contribution in [2.24, 2.45) is 0 Å². The normalized spacial score (nSPS) is 17.1. The van der Waals surface area contributed by atoms with Crippen LogP contribution in [0, 0.1) is 6.92 Å². The molecule has 0 aliphatic carbocycles. The first-order chi connectivity index (χ1) is 15.8. The Morgan fingerprint density at radius 2 is 1.97 bits per heavy atom. The van der Waals surface area contributed by atoms with E-state index in [1.54, 1.807) is 6.08 Å². The van der Waals surface area contributed by atoms with E-state index in [9.17, 15) is 14.7 Å². The average Bonchev–Trinajstić information content (AvgIpc) is 3.13. The van der Waals surface area contributed by atoms with E-state index < -0.39 is 12.1 Å². The largest absolute Gasteiger partial charge is 0.481 e. The lowest BCUT2D eigenvalue weighted by atomic mass is 9.97. The maximum Gasteiger partial charge on any atom is 0.303 e. The van der Waals surface area contributed by atoms with Crippen LogP contribution in [0.4, 0.5) is 0 Å². The van der Waals surface area contributed by atoms with Gasteiger partial charge in [-0.05, 0) is 66.6 Å². The van der Waals surface area contributed by atoms with Crippen LogP contribution >= 0.6 is 11.6 Å². The van der Waals surface area contributed by atoms with Crippen molar-refractivity contribution >= 4 is 23.5 Å². The van der Waals surface area contributed by atoms with Gasteiger partial charge in [-0.25, -0.2) is 0 Å². The molecule has 0 saturated carbocycles. The molecule has 1 aliphatic rings.